The minimum atomic E-state index is 0.569. The summed E-state index contributed by atoms with van der Waals surface area (Å²) in [7, 11) is 0. The summed E-state index contributed by atoms with van der Waals surface area (Å²) in [6.07, 6.45) is 1.74. The van der Waals surface area contributed by atoms with E-state index in [1.54, 1.807) is 0 Å². The summed E-state index contributed by atoms with van der Waals surface area (Å²) in [6, 6.07) is 0.627. The maximum Gasteiger partial charge on any atom is 0.0824 e. The van der Waals surface area contributed by atoms with E-state index in [1.807, 2.05) is 0 Å². The third-order valence-corrected chi connectivity index (χ3v) is 1.57. The topological polar surface area (TPSA) is 24.6 Å². The molecule has 2 heteroatoms. The van der Waals surface area contributed by atoms with Gasteiger partial charge in [0, 0.05) is 6.04 Å². The fraction of sp³-hybridized carbons (Fsp3) is 1.00. The summed E-state index contributed by atoms with van der Waals surface area (Å²) in [6.45, 7) is 6.37. The molecule has 0 spiro atoms. The van der Waals surface area contributed by atoms with Gasteiger partial charge >= 0.3 is 0 Å². The van der Waals surface area contributed by atoms with Crippen molar-refractivity contribution in [3.63, 3.8) is 0 Å². The summed E-state index contributed by atoms with van der Waals surface area (Å²) < 4.78 is 5.09. The third kappa shape index (κ3) is 2.82. The molecule has 0 saturated carbocycles. The summed E-state index contributed by atoms with van der Waals surface area (Å²) in [5.74, 6) is 0. The average Bonchev–Trinajstić information content (AvgIpc) is 2.50. The van der Waals surface area contributed by atoms with E-state index in [-0.39, 0.29) is 0 Å². The van der Waals surface area contributed by atoms with E-state index in [4.69, 9.17) is 4.74 Å². The van der Waals surface area contributed by atoms with Crippen LogP contribution in [0.2, 0.25) is 0 Å². The second-order valence-electron chi connectivity index (χ2n) is 2.65. The van der Waals surface area contributed by atoms with Crippen molar-refractivity contribution in [2.45, 2.75) is 32.4 Å². The van der Waals surface area contributed by atoms with Crippen molar-refractivity contribution in [3.05, 3.63) is 0 Å². The molecular formula is C7H15NO. The second-order valence-corrected chi connectivity index (χ2v) is 2.65. The van der Waals surface area contributed by atoms with Crippen LogP contribution in [0.15, 0.2) is 0 Å². The average molecular weight is 129 g/mol. The zero-order valence-electron chi connectivity index (χ0n) is 6.18. The molecule has 2 nitrogen and oxygen atoms in total. The van der Waals surface area contributed by atoms with Crippen molar-refractivity contribution in [1.29, 1.82) is 0 Å². The summed E-state index contributed by atoms with van der Waals surface area (Å²) in [4.78, 5) is 0. The highest BCUT2D eigenvalue weighted by Gasteiger charge is 2.23. The largest absolute Gasteiger partial charge is 0.373 e. The number of epoxide rings is 1. The molecule has 1 saturated heterocycles. The summed E-state index contributed by atoms with van der Waals surface area (Å²) in [5, 5.41) is 3.34. The molecule has 1 aliphatic heterocycles. The Bertz CT molecular complexity index is 81.0. The van der Waals surface area contributed by atoms with E-state index in [2.05, 4.69) is 19.2 Å². The molecule has 1 heterocycles. The number of nitrogens with one attached hydrogen (secondary N) is 1. The molecule has 9 heavy (non-hydrogen) atoms. The Kier molecular flexibility index (Phi) is 2.49. The van der Waals surface area contributed by atoms with Gasteiger partial charge < -0.3 is 10.1 Å². The summed E-state index contributed by atoms with van der Waals surface area (Å²) in [5.41, 5.74) is 0. The molecule has 0 bridgehead atoms. The molecule has 1 N–H and O–H groups in total. The Morgan fingerprint density at radius 3 is 2.89 bits per heavy atom. The van der Waals surface area contributed by atoms with Gasteiger partial charge in [0.15, 0.2) is 0 Å². The van der Waals surface area contributed by atoms with E-state index >= 15 is 0 Å². The molecule has 0 aromatic heterocycles. The molecular weight excluding hydrogens is 114 g/mol. The zero-order valence-corrected chi connectivity index (χ0v) is 6.18. The standard InChI is InChI=1S/C7H15NO/c1-3-8-6(2)4-7-5-9-7/h6-8H,3-5H2,1-2H3. The van der Waals surface area contributed by atoms with Crippen molar-refractivity contribution in [2.24, 2.45) is 0 Å². The van der Waals surface area contributed by atoms with Crippen molar-refractivity contribution in [1.82, 2.24) is 5.32 Å². The molecule has 0 radical (unpaired) electrons. The second kappa shape index (κ2) is 3.18. The zero-order chi connectivity index (χ0) is 6.69. The number of ether oxygens (including phenoxy) is 1. The van der Waals surface area contributed by atoms with Gasteiger partial charge in [0.05, 0.1) is 12.7 Å². The van der Waals surface area contributed by atoms with Crippen molar-refractivity contribution in [3.8, 4) is 0 Å². The Morgan fingerprint density at radius 1 is 1.78 bits per heavy atom. The normalized spacial score (nSPS) is 28.0. The van der Waals surface area contributed by atoms with Gasteiger partial charge in [-0.05, 0) is 19.9 Å². The maximum absolute atomic E-state index is 5.09. The quantitative estimate of drug-likeness (QED) is 0.567. The molecule has 2 unspecified atom stereocenters. The number of rotatable bonds is 4. The fourth-order valence-electron chi connectivity index (χ4n) is 1.03. The molecule has 0 amide bonds. The monoisotopic (exact) mass is 129 g/mol. The van der Waals surface area contributed by atoms with E-state index in [0.717, 1.165) is 13.2 Å². The van der Waals surface area contributed by atoms with Gasteiger partial charge in [0.2, 0.25) is 0 Å². The highest BCUT2D eigenvalue weighted by molar-refractivity contribution is 4.74. The lowest BCUT2D eigenvalue weighted by molar-refractivity contribution is 0.369. The van der Waals surface area contributed by atoms with Gasteiger partial charge in [-0.3, -0.25) is 0 Å². The van der Waals surface area contributed by atoms with E-state index < -0.39 is 0 Å². The van der Waals surface area contributed by atoms with Gasteiger partial charge in [-0.25, -0.2) is 0 Å². The van der Waals surface area contributed by atoms with E-state index in [9.17, 15) is 0 Å². The van der Waals surface area contributed by atoms with E-state index in [0.29, 0.717) is 12.1 Å². The van der Waals surface area contributed by atoms with Gasteiger partial charge in [-0.15, -0.1) is 0 Å². The third-order valence-electron chi connectivity index (χ3n) is 1.57. The maximum atomic E-state index is 5.09. The minimum absolute atomic E-state index is 0.569. The Hall–Kier alpha value is -0.0800. The lowest BCUT2D eigenvalue weighted by Gasteiger charge is -2.08. The van der Waals surface area contributed by atoms with Gasteiger partial charge in [-0.1, -0.05) is 6.92 Å². The molecule has 54 valence electrons. The molecule has 2 atom stereocenters. The van der Waals surface area contributed by atoms with Crippen LogP contribution in [-0.4, -0.2) is 25.3 Å². The first-order chi connectivity index (χ1) is 4.33. The predicted octanol–water partition coefficient (Wildman–Crippen LogP) is 0.773. The lowest BCUT2D eigenvalue weighted by Crippen LogP contribution is -2.26. The van der Waals surface area contributed by atoms with Crippen LogP contribution in [0.25, 0.3) is 0 Å². The van der Waals surface area contributed by atoms with Crippen molar-refractivity contribution < 1.29 is 4.74 Å². The number of hydrogen-bond donors (Lipinski definition) is 1. The van der Waals surface area contributed by atoms with Gasteiger partial charge in [-0.2, -0.15) is 0 Å². The van der Waals surface area contributed by atoms with Crippen LogP contribution in [-0.2, 0) is 4.74 Å². The van der Waals surface area contributed by atoms with Gasteiger partial charge in [0.25, 0.3) is 0 Å². The van der Waals surface area contributed by atoms with Crippen molar-refractivity contribution in [2.75, 3.05) is 13.2 Å². The smallest absolute Gasteiger partial charge is 0.0824 e. The van der Waals surface area contributed by atoms with Crippen LogP contribution in [0, 0.1) is 0 Å². The lowest BCUT2D eigenvalue weighted by atomic mass is 10.2. The van der Waals surface area contributed by atoms with Crippen LogP contribution in [0.5, 0.6) is 0 Å². The number of hydrogen-bond acceptors (Lipinski definition) is 2. The highest BCUT2D eigenvalue weighted by Crippen LogP contribution is 2.14. The van der Waals surface area contributed by atoms with Crippen LogP contribution in [0.1, 0.15) is 20.3 Å². The molecule has 0 aromatic rings. The molecule has 0 aliphatic carbocycles. The molecule has 1 aliphatic rings. The Labute approximate surface area is 56.6 Å². The minimum Gasteiger partial charge on any atom is -0.373 e. The Morgan fingerprint density at radius 2 is 2.44 bits per heavy atom. The van der Waals surface area contributed by atoms with Crippen LogP contribution < -0.4 is 5.32 Å². The molecule has 1 fully saturated rings. The first-order valence-corrected chi connectivity index (χ1v) is 3.68. The first kappa shape index (κ1) is 7.03. The summed E-state index contributed by atoms with van der Waals surface area (Å²) >= 11 is 0. The van der Waals surface area contributed by atoms with Crippen LogP contribution in [0.4, 0.5) is 0 Å². The Balaban J connectivity index is 1.95. The predicted molar refractivity (Wildman–Crippen MR) is 37.5 cm³/mol. The molecule has 0 aromatic carbocycles. The van der Waals surface area contributed by atoms with E-state index in [1.165, 1.54) is 6.42 Å². The highest BCUT2D eigenvalue weighted by atomic mass is 16.6. The van der Waals surface area contributed by atoms with Crippen LogP contribution >= 0.6 is 0 Å². The SMILES string of the molecule is CCNC(C)CC1CO1. The first-order valence-electron chi connectivity index (χ1n) is 3.68. The molecule has 1 rings (SSSR count). The van der Waals surface area contributed by atoms with Crippen molar-refractivity contribution >= 4 is 0 Å². The van der Waals surface area contributed by atoms with Gasteiger partial charge in [0.1, 0.15) is 0 Å². The van der Waals surface area contributed by atoms with Crippen LogP contribution in [0.3, 0.4) is 0 Å². The fourth-order valence-corrected chi connectivity index (χ4v) is 1.03.